The Bertz CT molecular complexity index is 622. The van der Waals surface area contributed by atoms with Gasteiger partial charge in [-0.15, -0.1) is 0 Å². The van der Waals surface area contributed by atoms with Gasteiger partial charge in [0.1, 0.15) is 0 Å². The highest BCUT2D eigenvalue weighted by Gasteiger charge is 2.21. The van der Waals surface area contributed by atoms with Crippen LogP contribution < -0.4 is 0 Å². The maximum absolute atomic E-state index is 12.5. The molecule has 0 saturated carbocycles. The number of carbonyl (C=O) groups excluding carboxylic acids is 2. The van der Waals surface area contributed by atoms with Crippen LogP contribution in [0.15, 0.2) is 36.4 Å². The fourth-order valence-corrected chi connectivity index (χ4v) is 3.45. The summed E-state index contributed by atoms with van der Waals surface area (Å²) in [5.74, 6) is 0.236. The van der Waals surface area contributed by atoms with Gasteiger partial charge < -0.3 is 9.80 Å². The highest BCUT2D eigenvalue weighted by atomic mass is 16.2. The summed E-state index contributed by atoms with van der Waals surface area (Å²) >= 11 is 0. The molecule has 1 heterocycles. The van der Waals surface area contributed by atoms with Crippen molar-refractivity contribution in [3.8, 4) is 0 Å². The van der Waals surface area contributed by atoms with Gasteiger partial charge in [0.05, 0.1) is 0 Å². The molecule has 0 bridgehead atoms. The normalized spacial score (nSPS) is 15.1. The Labute approximate surface area is 170 Å². The second-order valence-electron chi connectivity index (χ2n) is 7.46. The summed E-state index contributed by atoms with van der Waals surface area (Å²) < 4.78 is 0. The minimum atomic E-state index is 0.0684. The fourth-order valence-electron chi connectivity index (χ4n) is 3.45. The molecule has 0 radical (unpaired) electrons. The average molecular weight is 386 g/mol. The highest BCUT2D eigenvalue weighted by Crippen LogP contribution is 2.07. The minimum Gasteiger partial charge on any atom is -0.342 e. The van der Waals surface area contributed by atoms with E-state index in [0.29, 0.717) is 13.0 Å². The van der Waals surface area contributed by atoms with Crippen LogP contribution in [0.2, 0.25) is 0 Å². The molecule has 1 saturated heterocycles. The molecule has 1 aromatic carbocycles. The molecule has 0 aliphatic carbocycles. The summed E-state index contributed by atoms with van der Waals surface area (Å²) in [6, 6.07) is 10.3. The second kappa shape index (κ2) is 12.3. The highest BCUT2D eigenvalue weighted by molar-refractivity contribution is 5.78. The van der Waals surface area contributed by atoms with Gasteiger partial charge in [0.25, 0.3) is 0 Å². The molecule has 0 spiro atoms. The van der Waals surface area contributed by atoms with Crippen LogP contribution in [-0.2, 0) is 9.59 Å². The van der Waals surface area contributed by atoms with Gasteiger partial charge in [-0.3, -0.25) is 14.5 Å². The molecular formula is C23H35N3O2. The number of unbranched alkanes of at least 4 members (excludes halogenated alkanes) is 2. The maximum Gasteiger partial charge on any atom is 0.224 e. The van der Waals surface area contributed by atoms with Gasteiger partial charge in [0, 0.05) is 59.2 Å². The molecule has 0 aromatic heterocycles. The largest absolute Gasteiger partial charge is 0.342 e. The zero-order valence-corrected chi connectivity index (χ0v) is 17.5. The van der Waals surface area contributed by atoms with Crippen LogP contribution in [0.5, 0.6) is 0 Å². The lowest BCUT2D eigenvalue weighted by atomic mass is 10.2. The molecular weight excluding hydrogens is 350 g/mol. The molecule has 2 amide bonds. The van der Waals surface area contributed by atoms with Crippen molar-refractivity contribution in [1.82, 2.24) is 14.7 Å². The first kappa shape index (κ1) is 22.2. The van der Waals surface area contributed by atoms with E-state index in [4.69, 9.17) is 0 Å². The summed E-state index contributed by atoms with van der Waals surface area (Å²) in [5.41, 5.74) is 1.21. The summed E-state index contributed by atoms with van der Waals surface area (Å²) in [5, 5.41) is 0. The van der Waals surface area contributed by atoms with Gasteiger partial charge in [-0.2, -0.15) is 0 Å². The van der Waals surface area contributed by atoms with Gasteiger partial charge in [-0.25, -0.2) is 0 Å². The SMILES string of the molecule is CCCCCN(CCC(=O)N1CCN(C/C=C/c2ccccc2)CC1)C(C)=O. The molecule has 0 unspecified atom stereocenters. The third kappa shape index (κ3) is 7.85. The number of nitrogens with zero attached hydrogens (tertiary/aromatic N) is 3. The van der Waals surface area contributed by atoms with E-state index < -0.39 is 0 Å². The zero-order valence-electron chi connectivity index (χ0n) is 17.5. The first-order chi connectivity index (χ1) is 13.6. The topological polar surface area (TPSA) is 43.9 Å². The first-order valence-corrected chi connectivity index (χ1v) is 10.6. The molecule has 2 rings (SSSR count). The Kier molecular flexibility index (Phi) is 9.77. The van der Waals surface area contributed by atoms with Crippen molar-refractivity contribution in [2.24, 2.45) is 0 Å². The van der Waals surface area contributed by atoms with E-state index >= 15 is 0 Å². The van der Waals surface area contributed by atoms with Crippen molar-refractivity contribution in [3.05, 3.63) is 42.0 Å². The van der Waals surface area contributed by atoms with E-state index in [1.54, 1.807) is 6.92 Å². The zero-order chi connectivity index (χ0) is 20.2. The molecule has 5 nitrogen and oxygen atoms in total. The Balaban J connectivity index is 1.68. The van der Waals surface area contributed by atoms with Crippen LogP contribution >= 0.6 is 0 Å². The predicted molar refractivity (Wildman–Crippen MR) is 115 cm³/mol. The summed E-state index contributed by atoms with van der Waals surface area (Å²) in [6.07, 6.45) is 8.03. The van der Waals surface area contributed by atoms with Crippen molar-refractivity contribution < 1.29 is 9.59 Å². The lowest BCUT2D eigenvalue weighted by Crippen LogP contribution is -2.49. The van der Waals surface area contributed by atoms with Gasteiger partial charge in [0.15, 0.2) is 0 Å². The molecule has 28 heavy (non-hydrogen) atoms. The van der Waals surface area contributed by atoms with E-state index in [-0.39, 0.29) is 11.8 Å². The van der Waals surface area contributed by atoms with Crippen LogP contribution in [0, 0.1) is 0 Å². The number of hydrogen-bond acceptors (Lipinski definition) is 3. The van der Waals surface area contributed by atoms with Crippen LogP contribution in [0.1, 0.15) is 45.1 Å². The molecule has 5 heteroatoms. The average Bonchev–Trinajstić information content (AvgIpc) is 2.71. The van der Waals surface area contributed by atoms with Gasteiger partial charge in [0.2, 0.25) is 11.8 Å². The fraction of sp³-hybridized carbons (Fsp3) is 0.565. The first-order valence-electron chi connectivity index (χ1n) is 10.6. The van der Waals surface area contributed by atoms with E-state index in [2.05, 4.69) is 36.1 Å². The molecule has 1 fully saturated rings. The number of rotatable bonds is 10. The van der Waals surface area contributed by atoms with E-state index in [0.717, 1.165) is 58.5 Å². The van der Waals surface area contributed by atoms with E-state index in [9.17, 15) is 9.59 Å². The lowest BCUT2D eigenvalue weighted by molar-refractivity contribution is -0.134. The number of amides is 2. The molecule has 1 aliphatic rings. The third-order valence-electron chi connectivity index (χ3n) is 5.27. The Morgan fingerprint density at radius 2 is 1.75 bits per heavy atom. The number of carbonyl (C=O) groups is 2. The van der Waals surface area contributed by atoms with E-state index in [1.165, 1.54) is 5.56 Å². The van der Waals surface area contributed by atoms with Crippen molar-refractivity contribution >= 4 is 17.9 Å². The molecule has 154 valence electrons. The Morgan fingerprint density at radius 1 is 1.04 bits per heavy atom. The molecule has 0 atom stereocenters. The summed E-state index contributed by atoms with van der Waals surface area (Å²) in [4.78, 5) is 30.4. The minimum absolute atomic E-state index is 0.0684. The van der Waals surface area contributed by atoms with Crippen molar-refractivity contribution in [2.75, 3.05) is 45.8 Å². The van der Waals surface area contributed by atoms with Crippen LogP contribution in [0.25, 0.3) is 6.08 Å². The third-order valence-corrected chi connectivity index (χ3v) is 5.27. The molecule has 1 aromatic rings. The van der Waals surface area contributed by atoms with Crippen molar-refractivity contribution in [2.45, 2.75) is 39.5 Å². The number of piperazine rings is 1. The summed E-state index contributed by atoms with van der Waals surface area (Å²) in [7, 11) is 0. The van der Waals surface area contributed by atoms with Crippen molar-refractivity contribution in [1.29, 1.82) is 0 Å². The Hall–Kier alpha value is -2.14. The van der Waals surface area contributed by atoms with Crippen molar-refractivity contribution in [3.63, 3.8) is 0 Å². The molecule has 1 aliphatic heterocycles. The van der Waals surface area contributed by atoms with E-state index in [1.807, 2.05) is 28.0 Å². The monoisotopic (exact) mass is 385 g/mol. The second-order valence-corrected chi connectivity index (χ2v) is 7.46. The predicted octanol–water partition coefficient (Wildman–Crippen LogP) is 3.27. The molecule has 0 N–H and O–H groups in total. The lowest BCUT2D eigenvalue weighted by Gasteiger charge is -2.34. The van der Waals surface area contributed by atoms with Crippen LogP contribution in [0.4, 0.5) is 0 Å². The van der Waals surface area contributed by atoms with Gasteiger partial charge >= 0.3 is 0 Å². The van der Waals surface area contributed by atoms with Gasteiger partial charge in [-0.05, 0) is 12.0 Å². The van der Waals surface area contributed by atoms with Crippen LogP contribution in [0.3, 0.4) is 0 Å². The van der Waals surface area contributed by atoms with Gasteiger partial charge in [-0.1, -0.05) is 62.2 Å². The maximum atomic E-state index is 12.5. The smallest absolute Gasteiger partial charge is 0.224 e. The summed E-state index contributed by atoms with van der Waals surface area (Å²) in [6.45, 7) is 9.30. The quantitative estimate of drug-likeness (QED) is 0.581. The van der Waals surface area contributed by atoms with Crippen LogP contribution in [-0.4, -0.2) is 72.3 Å². The number of benzene rings is 1. The standard InChI is InChI=1S/C23H35N3O2/c1-3-4-8-15-25(21(2)27)16-13-23(28)26-19-17-24(18-20-26)14-9-12-22-10-6-5-7-11-22/h5-7,9-12H,3-4,8,13-20H2,1-2H3/b12-9+. The number of hydrogen-bond donors (Lipinski definition) is 0. The Morgan fingerprint density at radius 3 is 2.39 bits per heavy atom.